The number of piperidine rings is 1. The van der Waals surface area contributed by atoms with Gasteiger partial charge >= 0.3 is 6.09 Å². The maximum absolute atomic E-state index is 12.3. The first-order chi connectivity index (χ1) is 15.5. The molecule has 9 heteroatoms. The Morgan fingerprint density at radius 2 is 2.19 bits per heavy atom. The molecule has 1 fully saturated rings. The number of hydrogen-bond acceptors (Lipinski definition) is 7. The number of ether oxygens (including phenoxy) is 1. The second kappa shape index (κ2) is 10.0. The van der Waals surface area contributed by atoms with E-state index in [0.29, 0.717) is 61.7 Å². The first-order valence-corrected chi connectivity index (χ1v) is 11.5. The summed E-state index contributed by atoms with van der Waals surface area (Å²) < 4.78 is 10.7. The molecule has 0 bridgehead atoms. The summed E-state index contributed by atoms with van der Waals surface area (Å²) in [5.74, 6) is 0.423. The molecule has 0 aromatic carbocycles. The minimum absolute atomic E-state index is 0.175. The summed E-state index contributed by atoms with van der Waals surface area (Å²) in [5.41, 5.74) is 1.50. The molecule has 32 heavy (non-hydrogen) atoms. The van der Waals surface area contributed by atoms with Crippen molar-refractivity contribution in [3.8, 4) is 6.07 Å². The number of nitrogens with one attached hydrogen (secondary N) is 1. The van der Waals surface area contributed by atoms with Crippen LogP contribution in [0.1, 0.15) is 41.0 Å². The van der Waals surface area contributed by atoms with Gasteiger partial charge in [0.2, 0.25) is 5.91 Å². The summed E-state index contributed by atoms with van der Waals surface area (Å²) in [5, 5.41) is 22.6. The third-order valence-corrected chi connectivity index (χ3v) is 6.99. The normalized spacial score (nSPS) is 18.9. The predicted molar refractivity (Wildman–Crippen MR) is 119 cm³/mol. The van der Waals surface area contributed by atoms with Crippen molar-refractivity contribution in [3.63, 3.8) is 0 Å². The summed E-state index contributed by atoms with van der Waals surface area (Å²) in [4.78, 5) is 27.3. The third-order valence-electron chi connectivity index (χ3n) is 5.82. The second-order valence-electron chi connectivity index (χ2n) is 8.06. The van der Waals surface area contributed by atoms with Crippen molar-refractivity contribution in [1.29, 1.82) is 5.26 Å². The van der Waals surface area contributed by atoms with E-state index in [1.54, 1.807) is 23.1 Å². The summed E-state index contributed by atoms with van der Waals surface area (Å²) in [6.45, 7) is 1.36. The van der Waals surface area contributed by atoms with Gasteiger partial charge in [-0.15, -0.1) is 11.3 Å². The van der Waals surface area contributed by atoms with Crippen LogP contribution >= 0.6 is 11.3 Å². The number of carbonyl (C=O) groups excluding carboxylic acids is 2. The SMILES string of the molecule is N#Cc1c(NC(=O)C=Cc2ccco2)sc2c1CCC(COC(=O)N1CCC(O)CC1)C2. The van der Waals surface area contributed by atoms with E-state index in [1.165, 1.54) is 23.7 Å². The molecule has 2 aromatic heterocycles. The van der Waals surface area contributed by atoms with E-state index in [0.717, 1.165) is 16.9 Å². The van der Waals surface area contributed by atoms with E-state index in [1.807, 2.05) is 0 Å². The number of aliphatic hydroxyl groups is 1. The van der Waals surface area contributed by atoms with Gasteiger partial charge in [-0.3, -0.25) is 4.79 Å². The Balaban J connectivity index is 1.34. The second-order valence-corrected chi connectivity index (χ2v) is 9.17. The molecular weight excluding hydrogens is 430 g/mol. The van der Waals surface area contributed by atoms with Crippen LogP contribution in [0.5, 0.6) is 0 Å². The highest BCUT2D eigenvalue weighted by Gasteiger charge is 2.28. The van der Waals surface area contributed by atoms with Gasteiger partial charge in [0.05, 0.1) is 24.5 Å². The summed E-state index contributed by atoms with van der Waals surface area (Å²) in [6, 6.07) is 5.72. The number of furan rings is 1. The minimum Gasteiger partial charge on any atom is -0.465 e. The first-order valence-electron chi connectivity index (χ1n) is 10.7. The number of hydrogen-bond donors (Lipinski definition) is 2. The molecule has 2 N–H and O–H groups in total. The van der Waals surface area contributed by atoms with E-state index >= 15 is 0 Å². The predicted octanol–water partition coefficient (Wildman–Crippen LogP) is 3.56. The number of anilines is 1. The number of aliphatic hydroxyl groups excluding tert-OH is 1. The molecular formula is C23H25N3O5S. The fourth-order valence-electron chi connectivity index (χ4n) is 4.03. The van der Waals surface area contributed by atoms with Gasteiger partial charge in [-0.2, -0.15) is 5.26 Å². The lowest BCUT2D eigenvalue weighted by Gasteiger charge is -2.30. The molecule has 0 saturated carbocycles. The van der Waals surface area contributed by atoms with Gasteiger partial charge in [0.15, 0.2) is 0 Å². The minimum atomic E-state index is -0.334. The number of rotatable bonds is 5. The Bertz CT molecular complexity index is 1030. The zero-order valence-electron chi connectivity index (χ0n) is 17.6. The van der Waals surface area contributed by atoms with E-state index in [9.17, 15) is 20.0 Å². The van der Waals surface area contributed by atoms with Crippen LogP contribution in [-0.4, -0.2) is 47.8 Å². The van der Waals surface area contributed by atoms with E-state index < -0.39 is 0 Å². The molecule has 1 atom stereocenters. The maximum Gasteiger partial charge on any atom is 0.409 e. The molecule has 1 aliphatic heterocycles. The number of thiophene rings is 1. The lowest BCUT2D eigenvalue weighted by atomic mass is 9.88. The van der Waals surface area contributed by atoms with Crippen LogP contribution in [0, 0.1) is 17.2 Å². The highest BCUT2D eigenvalue weighted by molar-refractivity contribution is 7.16. The molecule has 3 heterocycles. The lowest BCUT2D eigenvalue weighted by Crippen LogP contribution is -2.41. The van der Waals surface area contributed by atoms with Crippen molar-refractivity contribution in [1.82, 2.24) is 4.90 Å². The van der Waals surface area contributed by atoms with Crippen molar-refractivity contribution in [2.24, 2.45) is 5.92 Å². The molecule has 4 rings (SSSR count). The number of nitrogens with zero attached hydrogens (tertiary/aromatic N) is 2. The summed E-state index contributed by atoms with van der Waals surface area (Å²) >= 11 is 1.41. The van der Waals surface area contributed by atoms with Crippen molar-refractivity contribution in [2.75, 3.05) is 25.0 Å². The van der Waals surface area contributed by atoms with Gasteiger partial charge in [0, 0.05) is 24.0 Å². The Hall–Kier alpha value is -3.09. The van der Waals surface area contributed by atoms with Gasteiger partial charge < -0.3 is 24.5 Å². The standard InChI is InChI=1S/C23H25N3O5S/c24-13-19-18-5-3-15(14-31-23(29)26-9-7-16(27)8-10-26)12-20(18)32-22(19)25-21(28)6-4-17-2-1-11-30-17/h1-2,4,6,11,15-16,27H,3,5,7-10,12,14H2,(H,25,28). The summed E-state index contributed by atoms with van der Waals surface area (Å²) in [7, 11) is 0. The zero-order valence-corrected chi connectivity index (χ0v) is 18.4. The maximum atomic E-state index is 12.3. The van der Waals surface area contributed by atoms with Crippen LogP contribution in [0.2, 0.25) is 0 Å². The Labute approximate surface area is 190 Å². The van der Waals surface area contributed by atoms with Crippen molar-refractivity contribution in [3.05, 3.63) is 46.2 Å². The lowest BCUT2D eigenvalue weighted by molar-refractivity contribution is -0.111. The molecule has 168 valence electrons. The van der Waals surface area contributed by atoms with Crippen LogP contribution < -0.4 is 5.32 Å². The number of fused-ring (bicyclic) bond motifs is 1. The molecule has 1 saturated heterocycles. The van der Waals surface area contributed by atoms with E-state index in [2.05, 4.69) is 11.4 Å². The summed E-state index contributed by atoms with van der Waals surface area (Å²) in [6.07, 6.45) is 7.21. The highest BCUT2D eigenvalue weighted by Crippen LogP contribution is 2.39. The molecule has 2 aromatic rings. The fraction of sp³-hybridized carbons (Fsp3) is 0.435. The number of nitriles is 1. The average Bonchev–Trinajstić information content (AvgIpc) is 3.43. The molecule has 2 amide bonds. The fourth-order valence-corrected chi connectivity index (χ4v) is 5.34. The van der Waals surface area contributed by atoms with Gasteiger partial charge in [0.25, 0.3) is 0 Å². The Morgan fingerprint density at radius 1 is 1.38 bits per heavy atom. The average molecular weight is 456 g/mol. The first kappa shape index (κ1) is 22.1. The van der Waals surface area contributed by atoms with Crippen LogP contribution in [0.3, 0.4) is 0 Å². The van der Waals surface area contributed by atoms with Crippen molar-refractivity contribution in [2.45, 2.75) is 38.2 Å². The zero-order chi connectivity index (χ0) is 22.5. The van der Waals surface area contributed by atoms with Gasteiger partial charge in [-0.25, -0.2) is 4.79 Å². The topological polar surface area (TPSA) is 116 Å². The quantitative estimate of drug-likeness (QED) is 0.666. The Kier molecular flexibility index (Phi) is 6.93. The van der Waals surface area contributed by atoms with Gasteiger partial charge in [-0.05, 0) is 61.8 Å². The van der Waals surface area contributed by atoms with Crippen LogP contribution in [-0.2, 0) is 22.4 Å². The van der Waals surface area contributed by atoms with Crippen molar-refractivity contribution >= 4 is 34.4 Å². The van der Waals surface area contributed by atoms with Gasteiger partial charge in [-0.1, -0.05) is 0 Å². The van der Waals surface area contributed by atoms with Gasteiger partial charge in [0.1, 0.15) is 16.8 Å². The Morgan fingerprint density at radius 3 is 2.91 bits per heavy atom. The van der Waals surface area contributed by atoms with Crippen molar-refractivity contribution < 1.29 is 23.8 Å². The highest BCUT2D eigenvalue weighted by atomic mass is 32.1. The third kappa shape index (κ3) is 5.21. The monoisotopic (exact) mass is 455 g/mol. The number of amides is 2. The molecule has 1 aliphatic carbocycles. The molecule has 1 unspecified atom stereocenters. The van der Waals surface area contributed by atoms with Crippen LogP contribution in [0.4, 0.5) is 9.80 Å². The molecule has 8 nitrogen and oxygen atoms in total. The number of carbonyl (C=O) groups is 2. The van der Waals surface area contributed by atoms with Crippen LogP contribution in [0.15, 0.2) is 28.9 Å². The number of likely N-dealkylation sites (tertiary alicyclic amines) is 1. The van der Waals surface area contributed by atoms with E-state index in [-0.39, 0.29) is 24.0 Å². The smallest absolute Gasteiger partial charge is 0.409 e. The largest absolute Gasteiger partial charge is 0.465 e. The van der Waals surface area contributed by atoms with Crippen LogP contribution in [0.25, 0.3) is 6.08 Å². The molecule has 2 aliphatic rings. The molecule has 0 spiro atoms. The van der Waals surface area contributed by atoms with E-state index in [4.69, 9.17) is 9.15 Å². The molecule has 0 radical (unpaired) electrons.